The summed E-state index contributed by atoms with van der Waals surface area (Å²) in [6.07, 6.45) is 3.80. The number of imidazole rings is 1. The van der Waals surface area contributed by atoms with Gasteiger partial charge in [0, 0.05) is 25.2 Å². The van der Waals surface area contributed by atoms with Crippen LogP contribution in [-0.4, -0.2) is 9.55 Å². The Morgan fingerprint density at radius 2 is 2.00 bits per heavy atom. The Morgan fingerprint density at radius 3 is 2.60 bits per heavy atom. The summed E-state index contributed by atoms with van der Waals surface area (Å²) in [5.74, 6) is 0.977. The van der Waals surface area contributed by atoms with Crippen LogP contribution in [0.5, 0.6) is 0 Å². The van der Waals surface area contributed by atoms with Crippen LogP contribution < -0.4 is 0 Å². The van der Waals surface area contributed by atoms with E-state index < -0.39 is 0 Å². The van der Waals surface area contributed by atoms with Crippen LogP contribution in [0.1, 0.15) is 11.1 Å². The van der Waals surface area contributed by atoms with Gasteiger partial charge in [0.15, 0.2) is 5.16 Å². The Bertz CT molecular complexity index is 431. The highest BCUT2D eigenvalue weighted by molar-refractivity contribution is 7.98. The highest BCUT2D eigenvalue weighted by Gasteiger charge is 2.00. The Balaban J connectivity index is 1.99. The number of benzene rings is 1. The second-order valence-electron chi connectivity index (χ2n) is 3.59. The minimum Gasteiger partial charge on any atom is -0.329 e. The predicted molar refractivity (Wildman–Crippen MR) is 63.9 cm³/mol. The molecule has 78 valence electrons. The smallest absolute Gasteiger partial charge is 0.167 e. The van der Waals surface area contributed by atoms with E-state index in [1.54, 1.807) is 11.8 Å². The molecule has 0 atom stereocenters. The molecule has 0 bridgehead atoms. The molecule has 0 aliphatic heterocycles. The van der Waals surface area contributed by atoms with Gasteiger partial charge < -0.3 is 4.57 Å². The van der Waals surface area contributed by atoms with Crippen molar-refractivity contribution in [2.45, 2.75) is 17.8 Å². The number of aromatic nitrogens is 2. The Hall–Kier alpha value is -1.22. The highest BCUT2D eigenvalue weighted by atomic mass is 32.2. The van der Waals surface area contributed by atoms with E-state index in [0.717, 1.165) is 10.9 Å². The van der Waals surface area contributed by atoms with E-state index >= 15 is 0 Å². The van der Waals surface area contributed by atoms with Crippen molar-refractivity contribution in [1.29, 1.82) is 0 Å². The second kappa shape index (κ2) is 4.53. The summed E-state index contributed by atoms with van der Waals surface area (Å²) in [4.78, 5) is 4.27. The summed E-state index contributed by atoms with van der Waals surface area (Å²) >= 11 is 1.76. The minimum atomic E-state index is 0.977. The summed E-state index contributed by atoms with van der Waals surface area (Å²) in [5.41, 5.74) is 2.65. The van der Waals surface area contributed by atoms with Crippen LogP contribution in [0.3, 0.4) is 0 Å². The fraction of sp³-hybridized carbons (Fsp3) is 0.250. The first kappa shape index (κ1) is 10.3. The molecule has 0 aliphatic rings. The third-order valence-electron chi connectivity index (χ3n) is 2.27. The zero-order valence-electron chi connectivity index (χ0n) is 8.97. The molecule has 1 aromatic carbocycles. The SMILES string of the molecule is Cc1ccc(CSc2nccn2C)cc1. The Morgan fingerprint density at radius 1 is 1.27 bits per heavy atom. The van der Waals surface area contributed by atoms with Gasteiger partial charge in [-0.05, 0) is 12.5 Å². The molecule has 2 aromatic rings. The molecule has 0 amide bonds. The first-order valence-electron chi connectivity index (χ1n) is 4.91. The van der Waals surface area contributed by atoms with Crippen LogP contribution >= 0.6 is 11.8 Å². The average Bonchev–Trinajstić information content (AvgIpc) is 2.63. The van der Waals surface area contributed by atoms with Gasteiger partial charge in [-0.3, -0.25) is 0 Å². The lowest BCUT2D eigenvalue weighted by Crippen LogP contribution is -1.89. The third-order valence-corrected chi connectivity index (χ3v) is 3.39. The molecule has 15 heavy (non-hydrogen) atoms. The van der Waals surface area contributed by atoms with Gasteiger partial charge in [0.05, 0.1) is 0 Å². The molecular weight excluding hydrogens is 204 g/mol. The van der Waals surface area contributed by atoms with Gasteiger partial charge in [-0.25, -0.2) is 4.98 Å². The summed E-state index contributed by atoms with van der Waals surface area (Å²) < 4.78 is 2.04. The summed E-state index contributed by atoms with van der Waals surface area (Å²) in [5, 5.41) is 1.07. The van der Waals surface area contributed by atoms with Gasteiger partial charge in [0.25, 0.3) is 0 Å². The average molecular weight is 218 g/mol. The van der Waals surface area contributed by atoms with E-state index in [4.69, 9.17) is 0 Å². The molecule has 0 saturated carbocycles. The van der Waals surface area contributed by atoms with Crippen molar-refractivity contribution >= 4 is 11.8 Å². The van der Waals surface area contributed by atoms with E-state index in [1.165, 1.54) is 11.1 Å². The molecule has 0 spiro atoms. The number of aryl methyl sites for hydroxylation is 2. The molecule has 0 unspecified atom stereocenters. The van der Waals surface area contributed by atoms with E-state index in [-0.39, 0.29) is 0 Å². The number of rotatable bonds is 3. The van der Waals surface area contributed by atoms with Gasteiger partial charge >= 0.3 is 0 Å². The van der Waals surface area contributed by atoms with Crippen molar-refractivity contribution in [2.75, 3.05) is 0 Å². The van der Waals surface area contributed by atoms with Crippen molar-refractivity contribution in [2.24, 2.45) is 7.05 Å². The summed E-state index contributed by atoms with van der Waals surface area (Å²) in [6, 6.07) is 8.64. The normalized spacial score (nSPS) is 10.5. The first-order chi connectivity index (χ1) is 7.25. The van der Waals surface area contributed by atoms with Crippen LogP contribution in [0, 0.1) is 6.92 Å². The molecule has 2 rings (SSSR count). The summed E-state index contributed by atoms with van der Waals surface area (Å²) in [7, 11) is 2.02. The predicted octanol–water partition coefficient (Wildman–Crippen LogP) is 3.02. The maximum atomic E-state index is 4.27. The van der Waals surface area contributed by atoms with Gasteiger partial charge in [-0.15, -0.1) is 0 Å². The molecule has 3 heteroatoms. The van der Waals surface area contributed by atoms with Gasteiger partial charge in [0.1, 0.15) is 0 Å². The lowest BCUT2D eigenvalue weighted by molar-refractivity contribution is 0.790. The van der Waals surface area contributed by atoms with Crippen LogP contribution in [0.2, 0.25) is 0 Å². The van der Waals surface area contributed by atoms with Crippen LogP contribution in [-0.2, 0) is 12.8 Å². The third kappa shape index (κ3) is 2.63. The monoisotopic (exact) mass is 218 g/mol. The molecule has 0 N–H and O–H groups in total. The maximum Gasteiger partial charge on any atom is 0.167 e. The van der Waals surface area contributed by atoms with Crippen molar-refractivity contribution < 1.29 is 0 Å². The van der Waals surface area contributed by atoms with E-state index in [9.17, 15) is 0 Å². The van der Waals surface area contributed by atoms with Gasteiger partial charge in [-0.1, -0.05) is 41.6 Å². The lowest BCUT2D eigenvalue weighted by Gasteiger charge is -2.02. The molecule has 0 radical (unpaired) electrons. The molecule has 1 heterocycles. The highest BCUT2D eigenvalue weighted by Crippen LogP contribution is 2.20. The molecular formula is C12H14N2S. The number of hydrogen-bond donors (Lipinski definition) is 0. The molecule has 2 nitrogen and oxygen atoms in total. The topological polar surface area (TPSA) is 17.8 Å². The van der Waals surface area contributed by atoms with Crippen molar-refractivity contribution in [3.8, 4) is 0 Å². The first-order valence-corrected chi connectivity index (χ1v) is 5.90. The molecule has 0 fully saturated rings. The summed E-state index contributed by atoms with van der Waals surface area (Å²) in [6.45, 7) is 2.11. The fourth-order valence-electron chi connectivity index (χ4n) is 1.32. The Labute approximate surface area is 94.3 Å². The van der Waals surface area contributed by atoms with E-state index in [1.807, 2.05) is 24.0 Å². The maximum absolute atomic E-state index is 4.27. The largest absolute Gasteiger partial charge is 0.329 e. The zero-order chi connectivity index (χ0) is 10.7. The number of hydrogen-bond acceptors (Lipinski definition) is 2. The van der Waals surface area contributed by atoms with Gasteiger partial charge in [0.2, 0.25) is 0 Å². The van der Waals surface area contributed by atoms with Crippen LogP contribution in [0.4, 0.5) is 0 Å². The molecule has 0 aliphatic carbocycles. The minimum absolute atomic E-state index is 0.977. The Kier molecular flexibility index (Phi) is 3.11. The quantitative estimate of drug-likeness (QED) is 0.737. The number of thioether (sulfide) groups is 1. The molecule has 0 saturated heterocycles. The van der Waals surface area contributed by atoms with Crippen molar-refractivity contribution in [3.63, 3.8) is 0 Å². The molecule has 1 aromatic heterocycles. The van der Waals surface area contributed by atoms with Crippen molar-refractivity contribution in [1.82, 2.24) is 9.55 Å². The van der Waals surface area contributed by atoms with E-state index in [0.29, 0.717) is 0 Å². The lowest BCUT2D eigenvalue weighted by atomic mass is 10.2. The fourth-order valence-corrected chi connectivity index (χ4v) is 2.21. The zero-order valence-corrected chi connectivity index (χ0v) is 9.79. The van der Waals surface area contributed by atoms with Crippen molar-refractivity contribution in [3.05, 3.63) is 47.8 Å². The van der Waals surface area contributed by atoms with Crippen LogP contribution in [0.15, 0.2) is 41.8 Å². The van der Waals surface area contributed by atoms with E-state index in [2.05, 4.69) is 36.2 Å². The second-order valence-corrected chi connectivity index (χ2v) is 4.54. The number of nitrogens with zero attached hydrogens (tertiary/aromatic N) is 2. The van der Waals surface area contributed by atoms with Gasteiger partial charge in [-0.2, -0.15) is 0 Å². The standard InChI is InChI=1S/C12H14N2S/c1-10-3-5-11(6-4-10)9-15-12-13-7-8-14(12)2/h3-8H,9H2,1-2H3. The van der Waals surface area contributed by atoms with Crippen LogP contribution in [0.25, 0.3) is 0 Å².